The Morgan fingerprint density at radius 1 is 1.28 bits per heavy atom. The summed E-state index contributed by atoms with van der Waals surface area (Å²) in [6, 6.07) is 8.61. The maximum Gasteiger partial charge on any atom is 0.0585 e. The molecule has 100 valence electrons. The highest BCUT2D eigenvalue weighted by Crippen LogP contribution is 2.37. The van der Waals surface area contributed by atoms with Gasteiger partial charge in [-0.15, -0.1) is 0 Å². The second kappa shape index (κ2) is 6.87. The molecule has 1 aliphatic heterocycles. The van der Waals surface area contributed by atoms with Crippen molar-refractivity contribution in [2.45, 2.75) is 30.8 Å². The number of hydrogen-bond acceptors (Lipinski definition) is 1. The lowest BCUT2D eigenvalue weighted by molar-refractivity contribution is 0.0892. The van der Waals surface area contributed by atoms with Crippen LogP contribution in [0.3, 0.4) is 0 Å². The fourth-order valence-corrected chi connectivity index (χ4v) is 4.91. The van der Waals surface area contributed by atoms with Crippen LogP contribution in [0.2, 0.25) is 0 Å². The molecule has 0 bridgehead atoms. The summed E-state index contributed by atoms with van der Waals surface area (Å²) >= 11 is 11.0. The number of alkyl halides is 2. The smallest absolute Gasteiger partial charge is 0.0585 e. The molecule has 1 aromatic rings. The van der Waals surface area contributed by atoms with Gasteiger partial charge in [0.1, 0.15) is 0 Å². The molecule has 0 radical (unpaired) electrons. The standard InChI is InChI=1S/C14H17Br3O/c15-9-14(10-16,8-13-5-2-6-18-13)11-3-1-4-12(17)7-11/h1,3-4,7,13H,2,5-6,8-10H2. The first-order chi connectivity index (χ1) is 8.70. The van der Waals surface area contributed by atoms with E-state index in [-0.39, 0.29) is 5.41 Å². The molecular formula is C14H17Br3O. The maximum atomic E-state index is 5.81. The van der Waals surface area contributed by atoms with Crippen molar-refractivity contribution in [2.75, 3.05) is 17.3 Å². The van der Waals surface area contributed by atoms with Crippen LogP contribution in [0.15, 0.2) is 28.7 Å². The third-order valence-corrected chi connectivity index (χ3v) is 6.23. The zero-order valence-corrected chi connectivity index (χ0v) is 14.9. The highest BCUT2D eigenvalue weighted by molar-refractivity contribution is 9.10. The van der Waals surface area contributed by atoms with Crippen LogP contribution in [0.5, 0.6) is 0 Å². The molecule has 0 saturated carbocycles. The zero-order valence-electron chi connectivity index (χ0n) is 10.2. The van der Waals surface area contributed by atoms with E-state index in [9.17, 15) is 0 Å². The molecule has 1 fully saturated rings. The summed E-state index contributed by atoms with van der Waals surface area (Å²) in [5.74, 6) is 0. The summed E-state index contributed by atoms with van der Waals surface area (Å²) in [6.07, 6.45) is 3.86. The molecule has 1 heterocycles. The van der Waals surface area contributed by atoms with Crippen LogP contribution in [0.1, 0.15) is 24.8 Å². The summed E-state index contributed by atoms with van der Waals surface area (Å²) in [6.45, 7) is 0.920. The van der Waals surface area contributed by atoms with E-state index in [4.69, 9.17) is 4.74 Å². The Labute approximate surface area is 134 Å². The lowest BCUT2D eigenvalue weighted by Crippen LogP contribution is -2.34. The van der Waals surface area contributed by atoms with Crippen LogP contribution < -0.4 is 0 Å². The predicted octanol–water partition coefficient (Wildman–Crippen LogP) is 5.05. The predicted molar refractivity (Wildman–Crippen MR) is 87.0 cm³/mol. The highest BCUT2D eigenvalue weighted by Gasteiger charge is 2.34. The van der Waals surface area contributed by atoms with Gasteiger partial charge in [-0.1, -0.05) is 59.9 Å². The van der Waals surface area contributed by atoms with Gasteiger partial charge in [-0.25, -0.2) is 0 Å². The third kappa shape index (κ3) is 3.38. The van der Waals surface area contributed by atoms with Crippen molar-refractivity contribution in [3.63, 3.8) is 0 Å². The lowest BCUT2D eigenvalue weighted by Gasteiger charge is -2.33. The number of halogens is 3. The van der Waals surface area contributed by atoms with Crippen LogP contribution in [0.25, 0.3) is 0 Å². The third-order valence-electron chi connectivity index (χ3n) is 3.59. The normalized spacial score (nSPS) is 20.3. The molecule has 2 rings (SSSR count). The van der Waals surface area contributed by atoms with Crippen LogP contribution in [-0.2, 0) is 10.2 Å². The average Bonchev–Trinajstić information content (AvgIpc) is 2.89. The van der Waals surface area contributed by atoms with E-state index in [1.807, 2.05) is 0 Å². The average molecular weight is 441 g/mol. The molecule has 0 aromatic heterocycles. The van der Waals surface area contributed by atoms with Crippen LogP contribution in [-0.4, -0.2) is 23.4 Å². The summed E-state index contributed by atoms with van der Waals surface area (Å²) in [5, 5.41) is 1.89. The fraction of sp³-hybridized carbons (Fsp3) is 0.571. The molecule has 1 aliphatic rings. The van der Waals surface area contributed by atoms with Gasteiger partial charge in [0.15, 0.2) is 0 Å². The van der Waals surface area contributed by atoms with Crippen molar-refractivity contribution >= 4 is 47.8 Å². The molecular weight excluding hydrogens is 424 g/mol. The molecule has 4 heteroatoms. The Balaban J connectivity index is 2.24. The fourth-order valence-electron chi connectivity index (χ4n) is 2.48. The molecule has 1 atom stereocenters. The van der Waals surface area contributed by atoms with Crippen molar-refractivity contribution in [3.05, 3.63) is 34.3 Å². The number of hydrogen-bond donors (Lipinski definition) is 0. The molecule has 1 nitrogen and oxygen atoms in total. The molecule has 1 aromatic carbocycles. The first kappa shape index (κ1) is 15.0. The Morgan fingerprint density at radius 3 is 2.61 bits per heavy atom. The van der Waals surface area contributed by atoms with Crippen LogP contribution >= 0.6 is 47.8 Å². The molecule has 18 heavy (non-hydrogen) atoms. The van der Waals surface area contributed by atoms with Crippen molar-refractivity contribution in [1.29, 1.82) is 0 Å². The van der Waals surface area contributed by atoms with Crippen LogP contribution in [0, 0.1) is 0 Å². The van der Waals surface area contributed by atoms with Gasteiger partial charge < -0.3 is 4.74 Å². The van der Waals surface area contributed by atoms with Crippen molar-refractivity contribution in [1.82, 2.24) is 0 Å². The van der Waals surface area contributed by atoms with Gasteiger partial charge in [0.25, 0.3) is 0 Å². The summed E-state index contributed by atoms with van der Waals surface area (Å²) in [7, 11) is 0. The van der Waals surface area contributed by atoms with E-state index in [0.717, 1.165) is 28.2 Å². The largest absolute Gasteiger partial charge is 0.378 e. The summed E-state index contributed by atoms with van der Waals surface area (Å²) < 4.78 is 6.95. The molecule has 0 N–H and O–H groups in total. The van der Waals surface area contributed by atoms with Crippen LogP contribution in [0.4, 0.5) is 0 Å². The topological polar surface area (TPSA) is 9.23 Å². The second-order valence-electron chi connectivity index (χ2n) is 4.90. The monoisotopic (exact) mass is 438 g/mol. The van der Waals surface area contributed by atoms with E-state index >= 15 is 0 Å². The Kier molecular flexibility index (Phi) is 5.73. The summed E-state index contributed by atoms with van der Waals surface area (Å²) in [4.78, 5) is 0. The minimum absolute atomic E-state index is 0.110. The molecule has 1 saturated heterocycles. The second-order valence-corrected chi connectivity index (χ2v) is 6.93. The number of rotatable bonds is 5. The highest BCUT2D eigenvalue weighted by atomic mass is 79.9. The van der Waals surface area contributed by atoms with Gasteiger partial charge in [-0.05, 0) is 37.0 Å². The number of ether oxygens (including phenoxy) is 1. The molecule has 1 unspecified atom stereocenters. The summed E-state index contributed by atoms with van der Waals surface area (Å²) in [5.41, 5.74) is 1.47. The molecule has 0 spiro atoms. The van der Waals surface area contributed by atoms with Crippen molar-refractivity contribution in [2.24, 2.45) is 0 Å². The van der Waals surface area contributed by atoms with Gasteiger partial charge in [0.2, 0.25) is 0 Å². The van der Waals surface area contributed by atoms with E-state index in [1.54, 1.807) is 0 Å². The molecule has 0 aliphatic carbocycles. The Morgan fingerprint density at radius 2 is 2.06 bits per heavy atom. The van der Waals surface area contributed by atoms with Crippen molar-refractivity contribution in [3.8, 4) is 0 Å². The van der Waals surface area contributed by atoms with Gasteiger partial charge in [-0.2, -0.15) is 0 Å². The van der Waals surface area contributed by atoms with Gasteiger partial charge in [-0.3, -0.25) is 0 Å². The Bertz CT molecular complexity index is 384. The quantitative estimate of drug-likeness (QED) is 0.582. The lowest BCUT2D eigenvalue weighted by atomic mass is 9.79. The van der Waals surface area contributed by atoms with E-state index in [1.165, 1.54) is 18.4 Å². The van der Waals surface area contributed by atoms with Gasteiger partial charge in [0, 0.05) is 27.2 Å². The van der Waals surface area contributed by atoms with E-state index in [0.29, 0.717) is 6.10 Å². The first-order valence-corrected chi connectivity index (χ1v) is 9.23. The van der Waals surface area contributed by atoms with Crippen molar-refractivity contribution < 1.29 is 4.74 Å². The van der Waals surface area contributed by atoms with Gasteiger partial charge in [0.05, 0.1) is 6.10 Å². The van der Waals surface area contributed by atoms with Gasteiger partial charge >= 0.3 is 0 Å². The van der Waals surface area contributed by atoms with E-state index in [2.05, 4.69) is 72.1 Å². The maximum absolute atomic E-state index is 5.81. The minimum atomic E-state index is 0.110. The minimum Gasteiger partial charge on any atom is -0.378 e. The zero-order chi connectivity index (χ0) is 13.0. The number of benzene rings is 1. The Hall–Kier alpha value is 0.620. The molecule has 0 amide bonds. The SMILES string of the molecule is BrCC(CBr)(CC1CCCO1)c1cccc(Br)c1. The first-order valence-electron chi connectivity index (χ1n) is 6.20. The van der Waals surface area contributed by atoms with E-state index < -0.39 is 0 Å².